The summed E-state index contributed by atoms with van der Waals surface area (Å²) in [7, 11) is 1.36. The molecule has 1 atom stereocenters. The minimum atomic E-state index is -0.942. The molecular formula is C22H17ClFN7O3. The minimum absolute atomic E-state index is 0.0147. The summed E-state index contributed by atoms with van der Waals surface area (Å²) in [6, 6.07) is 11.7. The van der Waals surface area contributed by atoms with Crippen molar-refractivity contribution in [3.05, 3.63) is 77.0 Å². The second-order valence-electron chi connectivity index (χ2n) is 7.19. The first-order chi connectivity index (χ1) is 16.3. The van der Waals surface area contributed by atoms with Crippen molar-refractivity contribution in [2.45, 2.75) is 12.8 Å². The van der Waals surface area contributed by atoms with Crippen LogP contribution in [-0.4, -0.2) is 45.2 Å². The molecule has 4 amide bonds. The zero-order valence-corrected chi connectivity index (χ0v) is 18.5. The monoisotopic (exact) mass is 481 g/mol. The van der Waals surface area contributed by atoms with Crippen LogP contribution in [-0.2, 0) is 6.54 Å². The van der Waals surface area contributed by atoms with Gasteiger partial charge in [0.25, 0.3) is 0 Å². The van der Waals surface area contributed by atoms with E-state index in [1.54, 1.807) is 24.3 Å². The van der Waals surface area contributed by atoms with Crippen LogP contribution >= 0.6 is 11.6 Å². The molecule has 1 fully saturated rings. The number of rotatable bonds is 6. The molecule has 0 saturated carbocycles. The van der Waals surface area contributed by atoms with Gasteiger partial charge in [0.05, 0.1) is 18.9 Å². The summed E-state index contributed by atoms with van der Waals surface area (Å²) in [5, 5.41) is 14.9. The molecule has 12 heteroatoms. The van der Waals surface area contributed by atoms with Crippen molar-refractivity contribution in [1.82, 2.24) is 25.1 Å². The third-order valence-corrected chi connectivity index (χ3v) is 5.12. The Morgan fingerprint density at radius 2 is 1.97 bits per heavy atom. The number of benzene rings is 2. The second kappa shape index (κ2) is 9.60. The highest BCUT2D eigenvalue weighted by Gasteiger charge is 2.36. The van der Waals surface area contributed by atoms with Crippen LogP contribution in [0.4, 0.5) is 19.7 Å². The van der Waals surface area contributed by atoms with Gasteiger partial charge in [0, 0.05) is 23.8 Å². The number of nitriles is 1. The van der Waals surface area contributed by atoms with Gasteiger partial charge in [0.1, 0.15) is 6.07 Å². The van der Waals surface area contributed by atoms with Gasteiger partial charge in [-0.25, -0.2) is 28.8 Å². The predicted octanol–water partition coefficient (Wildman–Crippen LogP) is 3.91. The highest BCUT2D eigenvalue weighted by atomic mass is 35.5. The van der Waals surface area contributed by atoms with Crippen LogP contribution < -0.4 is 15.4 Å². The van der Waals surface area contributed by atoms with Crippen molar-refractivity contribution >= 4 is 29.4 Å². The number of hydrogen-bond donors (Lipinski definition) is 2. The summed E-state index contributed by atoms with van der Waals surface area (Å²) in [6.45, 7) is 0.166. The van der Waals surface area contributed by atoms with Crippen molar-refractivity contribution in [3.8, 4) is 17.7 Å². The molecule has 0 spiro atoms. The average Bonchev–Trinajstić information content (AvgIpc) is 2.83. The lowest BCUT2D eigenvalue weighted by Crippen LogP contribution is -2.65. The van der Waals surface area contributed by atoms with Crippen LogP contribution in [0, 0.1) is 17.1 Å². The van der Waals surface area contributed by atoms with E-state index in [1.165, 1.54) is 36.5 Å². The quantitative estimate of drug-likeness (QED) is 0.547. The smallest absolute Gasteiger partial charge is 0.331 e. The zero-order valence-electron chi connectivity index (χ0n) is 17.7. The number of nitrogens with zero attached hydrogens (tertiary/aromatic N) is 5. The second-order valence-corrected chi connectivity index (χ2v) is 7.63. The average molecular weight is 482 g/mol. The van der Waals surface area contributed by atoms with Gasteiger partial charge in [-0.3, -0.25) is 10.2 Å². The highest BCUT2D eigenvalue weighted by molar-refractivity contribution is 6.30. The molecule has 10 nitrogen and oxygen atoms in total. The maximum atomic E-state index is 14.7. The molecule has 3 aromatic rings. The van der Waals surface area contributed by atoms with Gasteiger partial charge >= 0.3 is 12.1 Å². The molecule has 0 radical (unpaired) electrons. The van der Waals surface area contributed by atoms with E-state index < -0.39 is 24.2 Å². The van der Waals surface area contributed by atoms with Crippen LogP contribution in [0.15, 0.2) is 54.9 Å². The van der Waals surface area contributed by atoms with Gasteiger partial charge in [-0.1, -0.05) is 23.7 Å². The van der Waals surface area contributed by atoms with Gasteiger partial charge in [0.15, 0.2) is 23.6 Å². The van der Waals surface area contributed by atoms with Crippen LogP contribution in [0.5, 0.6) is 11.6 Å². The van der Waals surface area contributed by atoms with Gasteiger partial charge in [-0.05, 0) is 29.8 Å². The van der Waals surface area contributed by atoms with Crippen molar-refractivity contribution in [2.75, 3.05) is 12.4 Å². The number of hydrogen-bond acceptors (Lipinski definition) is 7. The van der Waals surface area contributed by atoms with Crippen molar-refractivity contribution in [2.24, 2.45) is 0 Å². The number of ether oxygens (including phenoxy) is 1. The number of imide groups is 1. The summed E-state index contributed by atoms with van der Waals surface area (Å²) in [6.07, 6.45) is 1.47. The van der Waals surface area contributed by atoms with E-state index in [9.17, 15) is 14.0 Å². The Morgan fingerprint density at radius 1 is 1.21 bits per heavy atom. The standard InChI is InChI=1S/C22H17ClFN7O3/c1-30-21(32)29-20(31(22(30)33)12-13-2-4-14(23)5-3-13)28-15-6-7-18(17(24)8-15)34-19-11-26-16(9-25)10-27-19/h2-8,10-11,20,28H,12H2,1H3,(H,29,32). The molecule has 1 aliphatic heterocycles. The zero-order chi connectivity index (χ0) is 24.2. The number of carbonyl (C=O) groups excluding carboxylic acids is 2. The molecule has 2 N–H and O–H groups in total. The van der Waals surface area contributed by atoms with Crippen molar-refractivity contribution < 1.29 is 18.7 Å². The Kier molecular flexibility index (Phi) is 6.42. The number of amides is 4. The molecular weight excluding hydrogens is 465 g/mol. The summed E-state index contributed by atoms with van der Waals surface area (Å²) in [5.74, 6) is -0.821. The lowest BCUT2D eigenvalue weighted by Gasteiger charge is -2.40. The topological polar surface area (TPSA) is 123 Å². The van der Waals surface area contributed by atoms with Gasteiger partial charge in [0.2, 0.25) is 5.88 Å². The van der Waals surface area contributed by atoms with E-state index in [0.29, 0.717) is 10.7 Å². The minimum Gasteiger partial charge on any atom is -0.434 e. The summed E-state index contributed by atoms with van der Waals surface area (Å²) in [4.78, 5) is 35.0. The van der Waals surface area contributed by atoms with Gasteiger partial charge in [-0.15, -0.1) is 0 Å². The molecule has 34 heavy (non-hydrogen) atoms. The van der Waals surface area contributed by atoms with E-state index in [1.807, 2.05) is 6.07 Å². The number of nitrogens with one attached hydrogen (secondary N) is 2. The summed E-state index contributed by atoms with van der Waals surface area (Å²) in [5.41, 5.74) is 1.18. The van der Waals surface area contributed by atoms with Gasteiger partial charge in [-0.2, -0.15) is 5.26 Å². The first-order valence-electron chi connectivity index (χ1n) is 9.89. The van der Waals surface area contributed by atoms with Crippen molar-refractivity contribution in [3.63, 3.8) is 0 Å². The van der Waals surface area contributed by atoms with Gasteiger partial charge < -0.3 is 10.1 Å². The maximum absolute atomic E-state index is 14.7. The Hall–Kier alpha value is -4.43. The van der Waals surface area contributed by atoms with E-state index >= 15 is 0 Å². The largest absolute Gasteiger partial charge is 0.434 e. The molecule has 2 heterocycles. The van der Waals surface area contributed by atoms with E-state index in [0.717, 1.165) is 16.5 Å². The molecule has 0 aliphatic carbocycles. The number of aromatic nitrogens is 2. The van der Waals surface area contributed by atoms with Crippen LogP contribution in [0.3, 0.4) is 0 Å². The normalized spacial score (nSPS) is 15.5. The fraction of sp³-hybridized carbons (Fsp3) is 0.136. The lowest BCUT2D eigenvalue weighted by molar-refractivity contribution is 0.114. The fourth-order valence-corrected chi connectivity index (χ4v) is 3.24. The van der Waals surface area contributed by atoms with Crippen LogP contribution in [0.25, 0.3) is 0 Å². The molecule has 1 aliphatic rings. The van der Waals surface area contributed by atoms with E-state index in [4.69, 9.17) is 21.6 Å². The number of urea groups is 2. The summed E-state index contributed by atoms with van der Waals surface area (Å²) >= 11 is 5.93. The van der Waals surface area contributed by atoms with Crippen LogP contribution in [0.1, 0.15) is 11.3 Å². The summed E-state index contributed by atoms with van der Waals surface area (Å²) < 4.78 is 20.1. The third kappa shape index (κ3) is 4.97. The Balaban J connectivity index is 1.51. The molecule has 4 rings (SSSR count). The Bertz CT molecular complexity index is 1260. The number of halogens is 2. The highest BCUT2D eigenvalue weighted by Crippen LogP contribution is 2.26. The lowest BCUT2D eigenvalue weighted by atomic mass is 10.2. The van der Waals surface area contributed by atoms with Crippen molar-refractivity contribution in [1.29, 1.82) is 5.26 Å². The molecule has 1 saturated heterocycles. The SMILES string of the molecule is CN1C(=O)NC(Nc2ccc(Oc3cnc(C#N)cn3)c(F)c2)N(Cc2ccc(Cl)cc2)C1=O. The first-order valence-corrected chi connectivity index (χ1v) is 10.3. The Labute approximate surface area is 198 Å². The predicted molar refractivity (Wildman–Crippen MR) is 119 cm³/mol. The third-order valence-electron chi connectivity index (χ3n) is 4.87. The maximum Gasteiger partial charge on any atom is 0.331 e. The Morgan fingerprint density at radius 3 is 2.62 bits per heavy atom. The molecule has 2 aromatic carbocycles. The van der Waals surface area contributed by atoms with Crippen LogP contribution in [0.2, 0.25) is 5.02 Å². The number of anilines is 1. The van der Waals surface area contributed by atoms with E-state index in [2.05, 4.69) is 20.6 Å². The molecule has 172 valence electrons. The molecule has 1 unspecified atom stereocenters. The molecule has 0 bridgehead atoms. The van der Waals surface area contributed by atoms with E-state index in [-0.39, 0.29) is 23.9 Å². The number of carbonyl (C=O) groups is 2. The first kappa shape index (κ1) is 22.8. The fourth-order valence-electron chi connectivity index (χ4n) is 3.11. The molecule has 1 aromatic heterocycles.